The Balaban J connectivity index is 2.25. The fourth-order valence-electron chi connectivity index (χ4n) is 3.02. The Labute approximate surface area is 128 Å². The number of unbranched alkanes of at least 4 members (excludes halogenated alkanes) is 1. The van der Waals surface area contributed by atoms with Crippen molar-refractivity contribution in [2.24, 2.45) is 0 Å². The largest absolute Gasteiger partial charge is 0.497 e. The molecule has 0 aliphatic carbocycles. The van der Waals surface area contributed by atoms with E-state index in [1.54, 1.807) is 14.2 Å². The van der Waals surface area contributed by atoms with Crippen LogP contribution in [0.4, 0.5) is 0 Å². The van der Waals surface area contributed by atoms with E-state index in [4.69, 9.17) is 9.47 Å². The number of hydrogen-bond acceptors (Lipinski definition) is 4. The molecule has 0 bridgehead atoms. The summed E-state index contributed by atoms with van der Waals surface area (Å²) in [6.45, 7) is 6.59. The van der Waals surface area contributed by atoms with Gasteiger partial charge in [-0.25, -0.2) is 0 Å². The van der Waals surface area contributed by atoms with Crippen LogP contribution in [-0.4, -0.2) is 45.3 Å². The van der Waals surface area contributed by atoms with Gasteiger partial charge in [0.25, 0.3) is 0 Å². The van der Waals surface area contributed by atoms with Crippen molar-refractivity contribution in [3.05, 3.63) is 23.8 Å². The minimum atomic E-state index is 0.438. The molecule has 4 heteroatoms. The quantitative estimate of drug-likeness (QED) is 0.838. The molecule has 1 aromatic carbocycles. The van der Waals surface area contributed by atoms with Gasteiger partial charge in [-0.2, -0.15) is 0 Å². The number of methoxy groups -OCH3 is 2. The first kappa shape index (κ1) is 16.1. The summed E-state index contributed by atoms with van der Waals surface area (Å²) in [7, 11) is 3.44. The van der Waals surface area contributed by atoms with Gasteiger partial charge in [0.05, 0.1) is 14.2 Å². The minimum absolute atomic E-state index is 0.438. The number of hydrogen-bond donors (Lipinski definition) is 1. The lowest BCUT2D eigenvalue weighted by molar-refractivity contribution is 0.160. The number of nitrogens with zero attached hydrogens (tertiary/aromatic N) is 1. The lowest BCUT2D eigenvalue weighted by Gasteiger charge is -2.36. The maximum Gasteiger partial charge on any atom is 0.127 e. The Morgan fingerprint density at radius 3 is 2.57 bits per heavy atom. The highest BCUT2D eigenvalue weighted by Crippen LogP contribution is 2.35. The summed E-state index contributed by atoms with van der Waals surface area (Å²) in [5.41, 5.74) is 1.29. The molecule has 1 aliphatic rings. The molecule has 2 rings (SSSR count). The second kappa shape index (κ2) is 8.25. The van der Waals surface area contributed by atoms with Crippen LogP contribution < -0.4 is 14.8 Å². The highest BCUT2D eigenvalue weighted by atomic mass is 16.5. The van der Waals surface area contributed by atoms with Gasteiger partial charge in [-0.05, 0) is 12.5 Å². The van der Waals surface area contributed by atoms with Crippen LogP contribution in [0.15, 0.2) is 18.2 Å². The molecule has 0 unspecified atom stereocenters. The van der Waals surface area contributed by atoms with Gasteiger partial charge in [-0.15, -0.1) is 0 Å². The topological polar surface area (TPSA) is 33.7 Å². The van der Waals surface area contributed by atoms with Crippen LogP contribution in [0.25, 0.3) is 0 Å². The Morgan fingerprint density at radius 2 is 1.95 bits per heavy atom. The highest BCUT2D eigenvalue weighted by molar-refractivity contribution is 5.42. The van der Waals surface area contributed by atoms with Gasteiger partial charge in [0.1, 0.15) is 11.5 Å². The van der Waals surface area contributed by atoms with Crippen molar-refractivity contribution in [3.63, 3.8) is 0 Å². The van der Waals surface area contributed by atoms with Gasteiger partial charge in [0, 0.05) is 43.9 Å². The molecule has 1 saturated heterocycles. The normalized spacial score (nSPS) is 17.5. The van der Waals surface area contributed by atoms with Crippen molar-refractivity contribution < 1.29 is 9.47 Å². The van der Waals surface area contributed by atoms with Crippen LogP contribution >= 0.6 is 0 Å². The molecule has 21 heavy (non-hydrogen) atoms. The smallest absolute Gasteiger partial charge is 0.127 e. The summed E-state index contributed by atoms with van der Waals surface area (Å²) < 4.78 is 10.9. The first-order chi connectivity index (χ1) is 10.3. The molecule has 0 aromatic heterocycles. The minimum Gasteiger partial charge on any atom is -0.497 e. The molecule has 1 aromatic rings. The van der Waals surface area contributed by atoms with Gasteiger partial charge in [0.2, 0.25) is 0 Å². The molecule has 0 radical (unpaired) electrons. The molecule has 1 aliphatic heterocycles. The van der Waals surface area contributed by atoms with Crippen molar-refractivity contribution in [1.82, 2.24) is 10.2 Å². The molecule has 1 atom stereocenters. The van der Waals surface area contributed by atoms with Gasteiger partial charge in [-0.1, -0.05) is 25.8 Å². The van der Waals surface area contributed by atoms with E-state index in [1.165, 1.54) is 24.8 Å². The van der Waals surface area contributed by atoms with Gasteiger partial charge < -0.3 is 14.8 Å². The van der Waals surface area contributed by atoms with E-state index < -0.39 is 0 Å². The average Bonchev–Trinajstić information content (AvgIpc) is 2.56. The predicted molar refractivity (Wildman–Crippen MR) is 86.3 cm³/mol. The molecular formula is C17H28N2O2. The number of piperazine rings is 1. The third-order valence-corrected chi connectivity index (χ3v) is 4.22. The van der Waals surface area contributed by atoms with Crippen molar-refractivity contribution in [2.75, 3.05) is 40.4 Å². The fraction of sp³-hybridized carbons (Fsp3) is 0.647. The third-order valence-electron chi connectivity index (χ3n) is 4.22. The van der Waals surface area contributed by atoms with Crippen LogP contribution in [-0.2, 0) is 0 Å². The fourth-order valence-corrected chi connectivity index (χ4v) is 3.02. The van der Waals surface area contributed by atoms with Crippen LogP contribution in [0.5, 0.6) is 11.5 Å². The molecule has 1 fully saturated rings. The van der Waals surface area contributed by atoms with E-state index in [-0.39, 0.29) is 0 Å². The first-order valence-electron chi connectivity index (χ1n) is 7.96. The van der Waals surface area contributed by atoms with Gasteiger partial charge in [0.15, 0.2) is 0 Å². The summed E-state index contributed by atoms with van der Waals surface area (Å²) in [5.74, 6) is 1.79. The van der Waals surface area contributed by atoms with E-state index in [0.717, 1.165) is 37.7 Å². The Morgan fingerprint density at radius 1 is 1.19 bits per heavy atom. The molecule has 0 saturated carbocycles. The Bertz CT molecular complexity index is 431. The summed E-state index contributed by atoms with van der Waals surface area (Å²) in [5, 5.41) is 3.43. The second-order valence-corrected chi connectivity index (χ2v) is 5.55. The Hall–Kier alpha value is -1.26. The van der Waals surface area contributed by atoms with E-state index in [2.05, 4.69) is 23.2 Å². The van der Waals surface area contributed by atoms with Crippen molar-refractivity contribution in [1.29, 1.82) is 0 Å². The van der Waals surface area contributed by atoms with E-state index in [0.29, 0.717) is 6.04 Å². The lowest BCUT2D eigenvalue weighted by Crippen LogP contribution is -2.45. The maximum atomic E-state index is 5.62. The van der Waals surface area contributed by atoms with Crippen molar-refractivity contribution >= 4 is 0 Å². The monoisotopic (exact) mass is 292 g/mol. The predicted octanol–water partition coefficient (Wildman–Crippen LogP) is 2.84. The Kier molecular flexibility index (Phi) is 6.33. The summed E-state index contributed by atoms with van der Waals surface area (Å²) in [6.07, 6.45) is 3.64. The number of ether oxygens (including phenoxy) is 2. The highest BCUT2D eigenvalue weighted by Gasteiger charge is 2.24. The third kappa shape index (κ3) is 4.11. The second-order valence-electron chi connectivity index (χ2n) is 5.55. The van der Waals surface area contributed by atoms with Gasteiger partial charge >= 0.3 is 0 Å². The summed E-state index contributed by atoms with van der Waals surface area (Å²) in [6, 6.07) is 6.64. The number of rotatable bonds is 7. The lowest BCUT2D eigenvalue weighted by atomic mass is 9.97. The van der Waals surface area contributed by atoms with E-state index in [1.807, 2.05) is 12.1 Å². The van der Waals surface area contributed by atoms with Gasteiger partial charge in [-0.3, -0.25) is 4.90 Å². The molecule has 4 nitrogen and oxygen atoms in total. The zero-order valence-electron chi connectivity index (χ0n) is 13.5. The molecule has 118 valence electrons. The summed E-state index contributed by atoms with van der Waals surface area (Å²) >= 11 is 0. The van der Waals surface area contributed by atoms with Crippen LogP contribution in [0.1, 0.15) is 37.8 Å². The zero-order chi connectivity index (χ0) is 15.1. The van der Waals surface area contributed by atoms with E-state index in [9.17, 15) is 0 Å². The van der Waals surface area contributed by atoms with Crippen molar-refractivity contribution in [2.45, 2.75) is 32.2 Å². The molecular weight excluding hydrogens is 264 g/mol. The number of nitrogens with one attached hydrogen (secondary N) is 1. The average molecular weight is 292 g/mol. The standard InChI is InChI=1S/C17H28N2O2/c1-4-5-6-16(19-11-9-18-10-12-19)15-8-7-14(20-2)13-17(15)21-3/h7-8,13,16,18H,4-6,9-12H2,1-3H3/t16-/m0/s1. The molecule has 1 N–H and O–H groups in total. The SMILES string of the molecule is CCCC[C@@H](c1ccc(OC)cc1OC)N1CCNCC1. The van der Waals surface area contributed by atoms with Crippen LogP contribution in [0, 0.1) is 0 Å². The van der Waals surface area contributed by atoms with E-state index >= 15 is 0 Å². The zero-order valence-corrected chi connectivity index (χ0v) is 13.5. The van der Waals surface area contributed by atoms with Crippen LogP contribution in [0.3, 0.4) is 0 Å². The van der Waals surface area contributed by atoms with Crippen molar-refractivity contribution in [3.8, 4) is 11.5 Å². The van der Waals surface area contributed by atoms with Crippen LogP contribution in [0.2, 0.25) is 0 Å². The first-order valence-corrected chi connectivity index (χ1v) is 7.96. The summed E-state index contributed by atoms with van der Waals surface area (Å²) in [4.78, 5) is 2.58. The molecule has 0 spiro atoms. The number of benzene rings is 1. The molecule has 0 amide bonds. The maximum absolute atomic E-state index is 5.62. The molecule has 1 heterocycles.